The number of nitrogens with zero attached hydrogens (tertiary/aromatic N) is 4. The lowest BCUT2D eigenvalue weighted by Crippen LogP contribution is -2.47. The van der Waals surface area contributed by atoms with Crippen molar-refractivity contribution in [1.82, 2.24) is 14.9 Å². The van der Waals surface area contributed by atoms with Crippen molar-refractivity contribution in [1.29, 1.82) is 0 Å². The van der Waals surface area contributed by atoms with E-state index in [1.807, 2.05) is 24.3 Å². The summed E-state index contributed by atoms with van der Waals surface area (Å²) in [6.45, 7) is 2.86. The predicted molar refractivity (Wildman–Crippen MR) is 94.9 cm³/mol. The van der Waals surface area contributed by atoms with Crippen LogP contribution in [0.25, 0.3) is 0 Å². The minimum Gasteiger partial charge on any atom is -0.359 e. The number of pyridine rings is 2. The molecule has 1 fully saturated rings. The zero-order valence-corrected chi connectivity index (χ0v) is 14.3. The van der Waals surface area contributed by atoms with Crippen molar-refractivity contribution in [3.63, 3.8) is 0 Å². The topological polar surface area (TPSA) is 66.4 Å². The van der Waals surface area contributed by atoms with Gasteiger partial charge in [0.15, 0.2) is 0 Å². The molecule has 130 valence electrons. The molecule has 6 heteroatoms. The molecule has 1 atom stereocenters. The third kappa shape index (κ3) is 4.21. The SMILES string of the molecule is CC(=O)CN(Cc1cccnc1)C(=O)[C@@H]1CCCN1c1ccncc1. The Morgan fingerprint density at radius 3 is 2.68 bits per heavy atom. The minimum absolute atomic E-state index is 0.00614. The van der Waals surface area contributed by atoms with Gasteiger partial charge in [-0.05, 0) is 43.5 Å². The van der Waals surface area contributed by atoms with Crippen LogP contribution in [-0.2, 0) is 16.1 Å². The molecule has 0 radical (unpaired) electrons. The number of hydrogen-bond donors (Lipinski definition) is 0. The molecule has 3 heterocycles. The van der Waals surface area contributed by atoms with Crippen LogP contribution in [0.3, 0.4) is 0 Å². The highest BCUT2D eigenvalue weighted by atomic mass is 16.2. The maximum atomic E-state index is 13.2. The van der Waals surface area contributed by atoms with Crippen LogP contribution in [0.15, 0.2) is 49.1 Å². The minimum atomic E-state index is -0.238. The second kappa shape index (κ2) is 7.88. The summed E-state index contributed by atoms with van der Waals surface area (Å²) in [6, 6.07) is 7.36. The number of amides is 1. The number of anilines is 1. The summed E-state index contributed by atoms with van der Waals surface area (Å²) in [7, 11) is 0. The molecule has 1 saturated heterocycles. The van der Waals surface area contributed by atoms with Gasteiger partial charge in [0.25, 0.3) is 0 Å². The zero-order valence-electron chi connectivity index (χ0n) is 14.3. The Bertz CT molecular complexity index is 721. The molecule has 25 heavy (non-hydrogen) atoms. The molecule has 2 aromatic rings. The van der Waals surface area contributed by atoms with Crippen molar-refractivity contribution in [3.8, 4) is 0 Å². The van der Waals surface area contributed by atoms with E-state index in [-0.39, 0.29) is 24.3 Å². The van der Waals surface area contributed by atoms with Gasteiger partial charge in [-0.3, -0.25) is 19.6 Å². The highest BCUT2D eigenvalue weighted by Gasteiger charge is 2.34. The van der Waals surface area contributed by atoms with Gasteiger partial charge in [0.2, 0.25) is 5.91 Å². The average Bonchev–Trinajstić information content (AvgIpc) is 3.11. The van der Waals surface area contributed by atoms with E-state index in [1.165, 1.54) is 6.92 Å². The van der Waals surface area contributed by atoms with Gasteiger partial charge in [-0.1, -0.05) is 6.07 Å². The largest absolute Gasteiger partial charge is 0.359 e. The fourth-order valence-electron chi connectivity index (χ4n) is 3.27. The fraction of sp³-hybridized carbons (Fsp3) is 0.368. The van der Waals surface area contributed by atoms with Gasteiger partial charge in [-0.25, -0.2) is 0 Å². The molecule has 2 aromatic heterocycles. The second-order valence-corrected chi connectivity index (χ2v) is 6.31. The summed E-state index contributed by atoms with van der Waals surface area (Å²) in [5.41, 5.74) is 1.92. The molecule has 0 bridgehead atoms. The van der Waals surface area contributed by atoms with E-state index >= 15 is 0 Å². The first-order valence-corrected chi connectivity index (χ1v) is 8.49. The van der Waals surface area contributed by atoms with Crippen molar-refractivity contribution in [2.24, 2.45) is 0 Å². The van der Waals surface area contributed by atoms with Crippen LogP contribution in [0.2, 0.25) is 0 Å². The number of carbonyl (C=O) groups is 2. The molecule has 1 aliphatic rings. The fourth-order valence-corrected chi connectivity index (χ4v) is 3.27. The van der Waals surface area contributed by atoms with Crippen LogP contribution in [0.4, 0.5) is 5.69 Å². The van der Waals surface area contributed by atoms with Crippen LogP contribution in [0.1, 0.15) is 25.3 Å². The van der Waals surface area contributed by atoms with Gasteiger partial charge in [0.1, 0.15) is 11.8 Å². The Morgan fingerprint density at radius 1 is 1.20 bits per heavy atom. The first-order chi connectivity index (χ1) is 12.1. The summed E-state index contributed by atoms with van der Waals surface area (Å²) in [4.78, 5) is 36.7. The molecule has 0 aliphatic carbocycles. The maximum Gasteiger partial charge on any atom is 0.245 e. The lowest BCUT2D eigenvalue weighted by molar-refractivity contribution is -0.136. The Labute approximate surface area is 147 Å². The van der Waals surface area contributed by atoms with E-state index < -0.39 is 0 Å². The Morgan fingerprint density at radius 2 is 2.00 bits per heavy atom. The monoisotopic (exact) mass is 338 g/mol. The van der Waals surface area contributed by atoms with Crippen molar-refractivity contribution in [2.75, 3.05) is 18.0 Å². The molecular formula is C19H22N4O2. The standard InChI is InChI=1S/C19H22N4O2/c1-15(24)13-22(14-16-4-2-8-21-12-16)19(25)18-5-3-11-23(18)17-6-9-20-10-7-17/h2,4,6-10,12,18H,3,5,11,13-14H2,1H3/t18-/m0/s1. The lowest BCUT2D eigenvalue weighted by Gasteiger charge is -2.31. The highest BCUT2D eigenvalue weighted by molar-refractivity contribution is 5.89. The van der Waals surface area contributed by atoms with Crippen LogP contribution in [-0.4, -0.2) is 45.7 Å². The van der Waals surface area contributed by atoms with Gasteiger partial charge in [0.05, 0.1) is 6.54 Å². The summed E-state index contributed by atoms with van der Waals surface area (Å²) >= 11 is 0. The van der Waals surface area contributed by atoms with Crippen LogP contribution in [0.5, 0.6) is 0 Å². The molecule has 0 spiro atoms. The van der Waals surface area contributed by atoms with E-state index in [0.717, 1.165) is 30.6 Å². The number of carbonyl (C=O) groups excluding carboxylic acids is 2. The van der Waals surface area contributed by atoms with Crippen LogP contribution < -0.4 is 4.90 Å². The summed E-state index contributed by atoms with van der Waals surface area (Å²) < 4.78 is 0. The number of hydrogen-bond acceptors (Lipinski definition) is 5. The van der Waals surface area contributed by atoms with Gasteiger partial charge >= 0.3 is 0 Å². The molecule has 0 aromatic carbocycles. The number of rotatable bonds is 6. The Kier molecular flexibility index (Phi) is 5.38. The van der Waals surface area contributed by atoms with Crippen molar-refractivity contribution in [3.05, 3.63) is 54.6 Å². The van der Waals surface area contributed by atoms with Gasteiger partial charge < -0.3 is 9.80 Å². The molecule has 0 unspecified atom stereocenters. The highest BCUT2D eigenvalue weighted by Crippen LogP contribution is 2.26. The molecule has 0 saturated carbocycles. The lowest BCUT2D eigenvalue weighted by atomic mass is 10.1. The van der Waals surface area contributed by atoms with Crippen molar-refractivity contribution < 1.29 is 9.59 Å². The molecule has 3 rings (SSSR count). The van der Waals surface area contributed by atoms with Crippen molar-refractivity contribution >= 4 is 17.4 Å². The van der Waals surface area contributed by atoms with E-state index in [9.17, 15) is 9.59 Å². The Hall–Kier alpha value is -2.76. The van der Waals surface area contributed by atoms with Gasteiger partial charge in [-0.2, -0.15) is 0 Å². The van der Waals surface area contributed by atoms with E-state index in [2.05, 4.69) is 14.9 Å². The van der Waals surface area contributed by atoms with Crippen LogP contribution >= 0.6 is 0 Å². The number of Topliss-reactive ketones (excluding diaryl/α,β-unsaturated/α-hetero) is 1. The summed E-state index contributed by atoms with van der Waals surface area (Å²) in [5.74, 6) is -0.0286. The summed E-state index contributed by atoms with van der Waals surface area (Å²) in [5, 5.41) is 0. The Balaban J connectivity index is 1.80. The molecule has 1 amide bonds. The van der Waals surface area contributed by atoms with Crippen molar-refractivity contribution in [2.45, 2.75) is 32.4 Å². The average molecular weight is 338 g/mol. The maximum absolute atomic E-state index is 13.2. The van der Waals surface area contributed by atoms with E-state index in [1.54, 1.807) is 29.7 Å². The molecular weight excluding hydrogens is 316 g/mol. The third-order valence-electron chi connectivity index (χ3n) is 4.35. The zero-order chi connectivity index (χ0) is 17.6. The first kappa shape index (κ1) is 17.1. The van der Waals surface area contributed by atoms with E-state index in [4.69, 9.17) is 0 Å². The van der Waals surface area contributed by atoms with Gasteiger partial charge in [-0.15, -0.1) is 0 Å². The second-order valence-electron chi connectivity index (χ2n) is 6.31. The smallest absolute Gasteiger partial charge is 0.245 e. The predicted octanol–water partition coefficient (Wildman–Crippen LogP) is 2.06. The summed E-state index contributed by atoms with van der Waals surface area (Å²) in [6.07, 6.45) is 8.65. The third-order valence-corrected chi connectivity index (χ3v) is 4.35. The molecule has 0 N–H and O–H groups in total. The normalized spacial score (nSPS) is 16.7. The van der Waals surface area contributed by atoms with E-state index in [0.29, 0.717) is 6.54 Å². The quantitative estimate of drug-likeness (QED) is 0.806. The van der Waals surface area contributed by atoms with Gasteiger partial charge in [0, 0.05) is 43.6 Å². The first-order valence-electron chi connectivity index (χ1n) is 8.49. The molecule has 6 nitrogen and oxygen atoms in total. The van der Waals surface area contributed by atoms with Crippen LogP contribution in [0, 0.1) is 0 Å². The molecule has 1 aliphatic heterocycles. The number of ketones is 1. The number of aromatic nitrogens is 2.